The molecule has 0 spiro atoms. The lowest BCUT2D eigenvalue weighted by molar-refractivity contribution is 0.669. The first-order valence-electron chi connectivity index (χ1n) is 22.4. The second-order valence-corrected chi connectivity index (χ2v) is 17.9. The maximum absolute atomic E-state index is 6.50. The summed E-state index contributed by atoms with van der Waals surface area (Å²) < 4.78 is 11.5. The van der Waals surface area contributed by atoms with Crippen molar-refractivity contribution in [2.45, 2.75) is 0 Å². The summed E-state index contributed by atoms with van der Waals surface area (Å²) in [6.07, 6.45) is 0. The number of benzene rings is 9. The van der Waals surface area contributed by atoms with Crippen LogP contribution in [0.4, 0.5) is 0 Å². The summed E-state index contributed by atoms with van der Waals surface area (Å²) in [6.45, 7) is 0. The van der Waals surface area contributed by atoms with Crippen molar-refractivity contribution in [2.24, 2.45) is 0 Å². The first-order chi connectivity index (χ1) is 31.2. The molecule has 0 bridgehead atoms. The third-order valence-corrected chi connectivity index (χ3v) is 14.6. The highest BCUT2D eigenvalue weighted by atomic mass is 16.3. The van der Waals surface area contributed by atoms with Crippen LogP contribution < -0.4 is 38.2 Å². The molecule has 0 unspecified atom stereocenters. The van der Waals surface area contributed by atoms with Gasteiger partial charge >= 0.3 is 0 Å². The fourth-order valence-corrected chi connectivity index (χ4v) is 11.0. The van der Waals surface area contributed by atoms with Gasteiger partial charge in [-0.2, -0.15) is 0 Å². The molecule has 0 amide bonds. The van der Waals surface area contributed by atoms with Gasteiger partial charge in [0.15, 0.2) is 0 Å². The van der Waals surface area contributed by atoms with E-state index in [9.17, 15) is 0 Å². The van der Waals surface area contributed by atoms with Gasteiger partial charge in [0.05, 0.1) is 22.1 Å². The molecule has 0 saturated carbocycles. The van der Waals surface area contributed by atoms with E-state index in [1.54, 1.807) is 0 Å². The highest BCUT2D eigenvalue weighted by Crippen LogP contribution is 2.40. The Bertz CT molecular complexity index is 3910. The maximum Gasteiger partial charge on any atom is 0.141 e. The fourth-order valence-electron chi connectivity index (χ4n) is 11.0. The van der Waals surface area contributed by atoms with Crippen LogP contribution in [-0.4, -0.2) is 64.1 Å². The van der Waals surface area contributed by atoms with Crippen molar-refractivity contribution in [2.75, 3.05) is 0 Å². The number of nitrogens with zero attached hydrogens (tertiary/aromatic N) is 2. The summed E-state index contributed by atoms with van der Waals surface area (Å²) >= 11 is 0. The molecule has 0 N–H and O–H groups in total. The summed E-state index contributed by atoms with van der Waals surface area (Å²) in [5.74, 6) is 0. The highest BCUT2D eigenvalue weighted by molar-refractivity contribution is 6.69. The predicted octanol–water partition coefficient (Wildman–Crippen LogP) is 2.59. The van der Waals surface area contributed by atoms with E-state index in [0.29, 0.717) is 0 Å². The van der Waals surface area contributed by atoms with E-state index in [1.807, 2.05) is 0 Å². The topological polar surface area (TPSA) is 23.0 Å². The van der Waals surface area contributed by atoms with Crippen LogP contribution in [0.25, 0.3) is 110 Å². The molecule has 3 heterocycles. The van der Waals surface area contributed by atoms with E-state index in [1.165, 1.54) is 115 Å². The van der Waals surface area contributed by atoms with E-state index < -0.39 is 0 Å². The summed E-state index contributed by atoms with van der Waals surface area (Å²) in [6, 6.07) is 59.6. The molecule has 0 atom stereocenters. The van der Waals surface area contributed by atoms with Gasteiger partial charge in [-0.05, 0) is 93.4 Å². The van der Waals surface area contributed by atoms with Gasteiger partial charge in [-0.25, -0.2) is 0 Å². The first-order valence-corrected chi connectivity index (χ1v) is 22.4. The molecule has 64 heavy (non-hydrogen) atoms. The lowest BCUT2D eigenvalue weighted by atomic mass is 9.64. The van der Waals surface area contributed by atoms with Crippen molar-refractivity contribution in [1.29, 1.82) is 0 Å². The van der Waals surface area contributed by atoms with Crippen LogP contribution in [-0.2, 0) is 0 Å². The summed E-state index contributed by atoms with van der Waals surface area (Å²) in [4.78, 5) is 0. The molecule has 10 heteroatoms. The largest absolute Gasteiger partial charge is 0.456 e. The molecule has 0 radical (unpaired) electrons. The Morgan fingerprint density at radius 1 is 0.328 bits per heavy atom. The Balaban J connectivity index is 1.14. The highest BCUT2D eigenvalue weighted by Gasteiger charge is 2.27. The van der Waals surface area contributed by atoms with Crippen LogP contribution >= 0.6 is 0 Å². The van der Waals surface area contributed by atoms with Crippen molar-refractivity contribution in [3.8, 4) is 44.8 Å². The number of fused-ring (bicyclic) bond motifs is 9. The Hall–Kier alpha value is -7.17. The van der Waals surface area contributed by atoms with E-state index in [2.05, 4.69) is 228 Å². The van der Waals surface area contributed by atoms with Crippen molar-refractivity contribution < 1.29 is 4.42 Å². The third kappa shape index (κ3) is 5.51. The van der Waals surface area contributed by atoms with Crippen molar-refractivity contribution in [3.63, 3.8) is 0 Å². The quantitative estimate of drug-likeness (QED) is 0.246. The SMILES string of the molecule is Bc1c(B)c(B)c2c(c1B)c1c(B)c(-c3ccc4c(c3)c3cc(-c5ccccc5)ccc3n4-c3ccc(-c4ccccc4)cc3)c(B)c(B)c1n2-c1cccc2oc3ccccc3c12. The standard InChI is InChI=1S/C54H41B7N2O/c55-46-42(47(56)51(60)53-44(46)45-48(57)49(58)50(59)52(61)54(45)63(53)39-15-9-17-41-43(39)34-14-7-8-16-40(34)64-41)32-21-25-38-36(27-32)35-26-31(29-12-5-2-6-13-29)20-24-37(35)62(38)33-22-18-30(19-23-33)28-10-3-1-4-11-28/h1-27H,55-61H2. The van der Waals surface area contributed by atoms with Gasteiger partial charge in [-0.15, -0.1) is 5.46 Å². The minimum atomic E-state index is 0.907. The van der Waals surface area contributed by atoms with Crippen LogP contribution in [0.1, 0.15) is 0 Å². The average molecular weight is 810 g/mol. The smallest absolute Gasteiger partial charge is 0.141 e. The van der Waals surface area contributed by atoms with Crippen LogP contribution in [0.2, 0.25) is 0 Å². The van der Waals surface area contributed by atoms with Gasteiger partial charge in [0.2, 0.25) is 0 Å². The van der Waals surface area contributed by atoms with Crippen molar-refractivity contribution in [3.05, 3.63) is 164 Å². The van der Waals surface area contributed by atoms with Gasteiger partial charge in [0, 0.05) is 38.3 Å². The van der Waals surface area contributed by atoms with Crippen LogP contribution in [0, 0.1) is 0 Å². The Morgan fingerprint density at radius 2 is 0.844 bits per heavy atom. The van der Waals surface area contributed by atoms with E-state index in [0.717, 1.165) is 33.3 Å². The van der Waals surface area contributed by atoms with Crippen LogP contribution in [0.5, 0.6) is 0 Å². The first kappa shape index (κ1) is 38.5. The molecule has 12 rings (SSSR count). The zero-order valence-electron chi connectivity index (χ0n) is 37.4. The van der Waals surface area contributed by atoms with E-state index in [4.69, 9.17) is 4.42 Å². The lowest BCUT2D eigenvalue weighted by Crippen LogP contribution is -2.48. The average Bonchev–Trinajstić information content (AvgIpc) is 4.01. The zero-order valence-corrected chi connectivity index (χ0v) is 37.4. The van der Waals surface area contributed by atoms with E-state index >= 15 is 0 Å². The number of aromatic nitrogens is 2. The minimum Gasteiger partial charge on any atom is -0.456 e. The molecule has 3 aromatic heterocycles. The molecule has 3 nitrogen and oxygen atoms in total. The van der Waals surface area contributed by atoms with Gasteiger partial charge in [0.25, 0.3) is 0 Å². The molecule has 0 saturated heterocycles. The van der Waals surface area contributed by atoms with Gasteiger partial charge in [0.1, 0.15) is 66.1 Å². The Morgan fingerprint density at radius 3 is 1.53 bits per heavy atom. The number of para-hydroxylation sites is 1. The molecule has 0 fully saturated rings. The third-order valence-electron chi connectivity index (χ3n) is 14.6. The molecular formula is C54H41B7N2O. The molecule has 0 aliphatic rings. The zero-order chi connectivity index (χ0) is 43.5. The predicted molar refractivity (Wildman–Crippen MR) is 296 cm³/mol. The molecule has 0 aliphatic heterocycles. The monoisotopic (exact) mass is 810 g/mol. The van der Waals surface area contributed by atoms with E-state index in [-0.39, 0.29) is 0 Å². The normalized spacial score (nSPS) is 11.9. The Labute approximate surface area is 379 Å². The van der Waals surface area contributed by atoms with Gasteiger partial charge < -0.3 is 13.6 Å². The summed E-state index contributed by atoms with van der Waals surface area (Å²) in [7, 11) is 16.3. The summed E-state index contributed by atoms with van der Waals surface area (Å²) in [5, 5.41) is 7.44. The number of furan rings is 1. The van der Waals surface area contributed by atoms with Crippen LogP contribution in [0.15, 0.2) is 168 Å². The van der Waals surface area contributed by atoms with Crippen molar-refractivity contribution >= 4 is 159 Å². The lowest BCUT2D eigenvalue weighted by Gasteiger charge is -2.19. The second-order valence-electron chi connectivity index (χ2n) is 17.9. The Kier molecular flexibility index (Phi) is 8.69. The van der Waals surface area contributed by atoms with Crippen LogP contribution in [0.3, 0.4) is 0 Å². The minimum absolute atomic E-state index is 0.907. The van der Waals surface area contributed by atoms with Crippen molar-refractivity contribution in [1.82, 2.24) is 9.13 Å². The number of hydrogen-bond donors (Lipinski definition) is 0. The number of rotatable bonds is 5. The fraction of sp³-hybridized carbons (Fsp3) is 0. The molecule has 0 aliphatic carbocycles. The molecule has 9 aromatic carbocycles. The second kappa shape index (κ2) is 14.4. The van der Waals surface area contributed by atoms with Gasteiger partial charge in [-0.1, -0.05) is 142 Å². The summed E-state index contributed by atoms with van der Waals surface area (Å²) in [5.41, 5.74) is 25.7. The molecule has 12 aromatic rings. The molecule has 294 valence electrons. The molecular weight excluding hydrogens is 768 g/mol. The van der Waals surface area contributed by atoms with Gasteiger partial charge in [-0.3, -0.25) is 0 Å². The maximum atomic E-state index is 6.50. The number of hydrogen-bond acceptors (Lipinski definition) is 1.